The van der Waals surface area contributed by atoms with Gasteiger partial charge in [-0.15, -0.1) is 0 Å². The molecule has 3 aromatic carbocycles. The Morgan fingerprint density at radius 1 is 0.857 bits per heavy atom. The van der Waals surface area contributed by atoms with Crippen LogP contribution in [-0.4, -0.2) is 18.9 Å². The molecule has 0 radical (unpaired) electrons. The summed E-state index contributed by atoms with van der Waals surface area (Å²) in [6.07, 6.45) is 0. The molecule has 0 fully saturated rings. The zero-order chi connectivity index (χ0) is 19.9. The molecule has 5 nitrogen and oxygen atoms in total. The quantitative estimate of drug-likeness (QED) is 0.680. The number of carbonyl (C=O) groups is 2. The zero-order valence-corrected chi connectivity index (χ0v) is 15.9. The number of para-hydroxylation sites is 1. The molecule has 0 aromatic heterocycles. The molecule has 0 aliphatic heterocycles. The van der Waals surface area contributed by atoms with Crippen LogP contribution in [0.15, 0.2) is 72.8 Å². The van der Waals surface area contributed by atoms with Crippen LogP contribution in [0.3, 0.4) is 0 Å². The van der Waals surface area contributed by atoms with Crippen LogP contribution < -0.4 is 15.4 Å². The van der Waals surface area contributed by atoms with Gasteiger partial charge in [-0.2, -0.15) is 0 Å². The van der Waals surface area contributed by atoms with Crippen molar-refractivity contribution in [2.75, 3.05) is 12.4 Å². The predicted octanol–water partition coefficient (Wildman–Crippen LogP) is 4.19. The summed E-state index contributed by atoms with van der Waals surface area (Å²) >= 11 is 0. The van der Waals surface area contributed by atoms with Gasteiger partial charge in [-0.3, -0.25) is 9.59 Å². The first kappa shape index (κ1) is 19.2. The number of aryl methyl sites for hydroxylation is 1. The van der Waals surface area contributed by atoms with E-state index < -0.39 is 0 Å². The van der Waals surface area contributed by atoms with Crippen molar-refractivity contribution in [3.63, 3.8) is 0 Å². The van der Waals surface area contributed by atoms with Gasteiger partial charge in [-0.05, 0) is 42.8 Å². The fraction of sp³-hybridized carbons (Fsp3) is 0.130. The summed E-state index contributed by atoms with van der Waals surface area (Å²) in [4.78, 5) is 25.0. The van der Waals surface area contributed by atoms with Gasteiger partial charge in [-0.25, -0.2) is 0 Å². The first-order valence-corrected chi connectivity index (χ1v) is 8.95. The maximum absolute atomic E-state index is 12.6. The second-order valence-electron chi connectivity index (χ2n) is 6.34. The second-order valence-corrected chi connectivity index (χ2v) is 6.34. The van der Waals surface area contributed by atoms with Crippen LogP contribution in [-0.2, 0) is 6.54 Å². The third kappa shape index (κ3) is 4.57. The van der Waals surface area contributed by atoms with Gasteiger partial charge in [0.2, 0.25) is 0 Å². The number of hydrogen-bond acceptors (Lipinski definition) is 3. The number of methoxy groups -OCH3 is 1. The lowest BCUT2D eigenvalue weighted by molar-refractivity contribution is 0.0949. The van der Waals surface area contributed by atoms with Crippen molar-refractivity contribution in [1.29, 1.82) is 0 Å². The van der Waals surface area contributed by atoms with E-state index in [4.69, 9.17) is 4.74 Å². The molecule has 2 N–H and O–H groups in total. The average molecular weight is 374 g/mol. The molecule has 3 aromatic rings. The van der Waals surface area contributed by atoms with Crippen LogP contribution in [0.25, 0.3) is 0 Å². The van der Waals surface area contributed by atoms with Crippen molar-refractivity contribution in [1.82, 2.24) is 5.32 Å². The number of ether oxygens (including phenoxy) is 1. The van der Waals surface area contributed by atoms with E-state index in [1.54, 1.807) is 31.4 Å². The minimum Gasteiger partial charge on any atom is -0.496 e. The lowest BCUT2D eigenvalue weighted by Crippen LogP contribution is -2.23. The Balaban J connectivity index is 1.71. The van der Waals surface area contributed by atoms with E-state index in [1.165, 1.54) is 0 Å². The standard InChI is InChI=1S/C23H22N2O3/c1-16-12-13-18(14-20(16)25-23(27)17-8-4-3-5-9-17)22(26)24-15-19-10-6-7-11-21(19)28-2/h3-14H,15H2,1-2H3,(H,24,26)(H,25,27). The fourth-order valence-corrected chi connectivity index (χ4v) is 2.81. The Morgan fingerprint density at radius 2 is 1.57 bits per heavy atom. The highest BCUT2D eigenvalue weighted by Crippen LogP contribution is 2.19. The van der Waals surface area contributed by atoms with Crippen molar-refractivity contribution in [3.05, 3.63) is 95.1 Å². The highest BCUT2D eigenvalue weighted by atomic mass is 16.5. The summed E-state index contributed by atoms with van der Waals surface area (Å²) in [5.74, 6) is 0.291. The van der Waals surface area contributed by atoms with Gasteiger partial charge < -0.3 is 15.4 Å². The van der Waals surface area contributed by atoms with Gasteiger partial charge in [0.1, 0.15) is 5.75 Å². The summed E-state index contributed by atoms with van der Waals surface area (Å²) in [7, 11) is 1.60. The summed E-state index contributed by atoms with van der Waals surface area (Å²) in [5.41, 5.74) is 3.42. The second kappa shape index (κ2) is 8.86. The molecule has 3 rings (SSSR count). The number of benzene rings is 3. The molecular formula is C23H22N2O3. The van der Waals surface area contributed by atoms with E-state index in [9.17, 15) is 9.59 Å². The number of hydrogen-bond donors (Lipinski definition) is 2. The molecule has 0 saturated heterocycles. The molecule has 0 unspecified atom stereocenters. The number of rotatable bonds is 6. The van der Waals surface area contributed by atoms with E-state index in [2.05, 4.69) is 10.6 Å². The Kier molecular flexibility index (Phi) is 6.07. The Bertz CT molecular complexity index is 984. The van der Waals surface area contributed by atoms with Crippen molar-refractivity contribution >= 4 is 17.5 Å². The monoisotopic (exact) mass is 374 g/mol. The molecule has 0 heterocycles. The molecular weight excluding hydrogens is 352 g/mol. The Morgan fingerprint density at radius 3 is 2.32 bits per heavy atom. The first-order chi connectivity index (χ1) is 13.6. The summed E-state index contributed by atoms with van der Waals surface area (Å²) in [5, 5.41) is 5.76. The smallest absolute Gasteiger partial charge is 0.255 e. The van der Waals surface area contributed by atoms with E-state index in [1.807, 2.05) is 55.5 Å². The van der Waals surface area contributed by atoms with E-state index >= 15 is 0 Å². The van der Waals surface area contributed by atoms with Gasteiger partial charge in [0, 0.05) is 28.9 Å². The number of amides is 2. The van der Waals surface area contributed by atoms with Crippen LogP contribution in [0.5, 0.6) is 5.75 Å². The normalized spacial score (nSPS) is 10.2. The molecule has 2 amide bonds. The van der Waals surface area contributed by atoms with Crippen molar-refractivity contribution in [3.8, 4) is 5.75 Å². The predicted molar refractivity (Wildman–Crippen MR) is 110 cm³/mol. The van der Waals surface area contributed by atoms with Gasteiger partial charge in [0.15, 0.2) is 0 Å². The first-order valence-electron chi connectivity index (χ1n) is 8.95. The highest BCUT2D eigenvalue weighted by molar-refractivity contribution is 6.05. The lowest BCUT2D eigenvalue weighted by Gasteiger charge is -2.12. The lowest BCUT2D eigenvalue weighted by atomic mass is 10.1. The van der Waals surface area contributed by atoms with Crippen molar-refractivity contribution < 1.29 is 14.3 Å². The molecule has 28 heavy (non-hydrogen) atoms. The van der Waals surface area contributed by atoms with Crippen molar-refractivity contribution in [2.45, 2.75) is 13.5 Å². The van der Waals surface area contributed by atoms with Crippen molar-refractivity contribution in [2.24, 2.45) is 0 Å². The summed E-state index contributed by atoms with van der Waals surface area (Å²) < 4.78 is 5.31. The minimum atomic E-state index is -0.221. The minimum absolute atomic E-state index is 0.213. The zero-order valence-electron chi connectivity index (χ0n) is 15.9. The fourth-order valence-electron chi connectivity index (χ4n) is 2.81. The van der Waals surface area contributed by atoms with Gasteiger partial charge in [-0.1, -0.05) is 42.5 Å². The van der Waals surface area contributed by atoms with Crippen LogP contribution in [0.4, 0.5) is 5.69 Å². The maximum Gasteiger partial charge on any atom is 0.255 e. The third-order valence-corrected chi connectivity index (χ3v) is 4.42. The average Bonchev–Trinajstić information content (AvgIpc) is 2.74. The largest absolute Gasteiger partial charge is 0.496 e. The van der Waals surface area contributed by atoms with Gasteiger partial charge >= 0.3 is 0 Å². The Labute approximate surface area is 164 Å². The van der Waals surface area contributed by atoms with Crippen LogP contribution >= 0.6 is 0 Å². The number of nitrogens with one attached hydrogen (secondary N) is 2. The summed E-state index contributed by atoms with van der Waals surface area (Å²) in [6, 6.07) is 21.7. The van der Waals surface area contributed by atoms with E-state index in [0.29, 0.717) is 23.4 Å². The molecule has 0 spiro atoms. The van der Waals surface area contributed by atoms with E-state index in [0.717, 1.165) is 16.9 Å². The highest BCUT2D eigenvalue weighted by Gasteiger charge is 2.12. The van der Waals surface area contributed by atoms with Crippen LogP contribution in [0.2, 0.25) is 0 Å². The van der Waals surface area contributed by atoms with Crippen LogP contribution in [0, 0.1) is 6.92 Å². The van der Waals surface area contributed by atoms with Gasteiger partial charge in [0.05, 0.1) is 7.11 Å². The SMILES string of the molecule is COc1ccccc1CNC(=O)c1ccc(C)c(NC(=O)c2ccccc2)c1. The number of anilines is 1. The maximum atomic E-state index is 12.6. The molecule has 142 valence electrons. The molecule has 0 bridgehead atoms. The molecule has 0 aliphatic rings. The molecule has 0 atom stereocenters. The molecule has 5 heteroatoms. The molecule has 0 saturated carbocycles. The van der Waals surface area contributed by atoms with Gasteiger partial charge in [0.25, 0.3) is 11.8 Å². The van der Waals surface area contributed by atoms with Crippen LogP contribution in [0.1, 0.15) is 31.8 Å². The number of carbonyl (C=O) groups excluding carboxylic acids is 2. The third-order valence-electron chi connectivity index (χ3n) is 4.42. The Hall–Kier alpha value is -3.60. The molecule has 0 aliphatic carbocycles. The van der Waals surface area contributed by atoms with E-state index in [-0.39, 0.29) is 11.8 Å². The topological polar surface area (TPSA) is 67.4 Å². The summed E-state index contributed by atoms with van der Waals surface area (Å²) in [6.45, 7) is 2.24.